The van der Waals surface area contributed by atoms with Crippen molar-refractivity contribution in [1.82, 2.24) is 14.9 Å². The second-order valence-electron chi connectivity index (χ2n) is 5.47. The molecule has 1 aromatic carbocycles. The van der Waals surface area contributed by atoms with Crippen LogP contribution in [0.15, 0.2) is 30.6 Å². The zero-order valence-electron chi connectivity index (χ0n) is 12.3. The maximum Gasteiger partial charge on any atom is 0.122 e. The fourth-order valence-electron chi connectivity index (χ4n) is 2.63. The van der Waals surface area contributed by atoms with Crippen molar-refractivity contribution in [2.45, 2.75) is 32.0 Å². The van der Waals surface area contributed by atoms with Crippen molar-refractivity contribution in [1.29, 1.82) is 0 Å². The third-order valence-corrected chi connectivity index (χ3v) is 4.42. The van der Waals surface area contributed by atoms with Crippen molar-refractivity contribution >= 4 is 23.2 Å². The van der Waals surface area contributed by atoms with Crippen LogP contribution in [0.2, 0.25) is 10.0 Å². The summed E-state index contributed by atoms with van der Waals surface area (Å²) in [5.74, 6) is 0.990. The number of hydrogen-bond acceptors (Lipinski definition) is 3. The molecule has 2 aromatic rings. The van der Waals surface area contributed by atoms with Crippen molar-refractivity contribution < 1.29 is 4.74 Å². The molecule has 0 saturated carbocycles. The molecule has 6 heteroatoms. The number of benzene rings is 1. The summed E-state index contributed by atoms with van der Waals surface area (Å²) in [5, 5.41) is 4.75. The van der Waals surface area contributed by atoms with Gasteiger partial charge < -0.3 is 14.6 Å². The van der Waals surface area contributed by atoms with E-state index in [1.54, 1.807) is 6.07 Å². The van der Waals surface area contributed by atoms with Crippen molar-refractivity contribution in [3.05, 3.63) is 52.0 Å². The molecular formula is C16H19Cl2N3O. The van der Waals surface area contributed by atoms with Gasteiger partial charge in [0.1, 0.15) is 5.82 Å². The van der Waals surface area contributed by atoms with E-state index in [2.05, 4.69) is 14.9 Å². The van der Waals surface area contributed by atoms with Gasteiger partial charge in [-0.3, -0.25) is 0 Å². The van der Waals surface area contributed by atoms with Gasteiger partial charge in [-0.2, -0.15) is 0 Å². The number of ether oxygens (including phenoxy) is 1. The zero-order valence-corrected chi connectivity index (χ0v) is 13.8. The van der Waals surface area contributed by atoms with E-state index in [4.69, 9.17) is 27.9 Å². The molecule has 1 atom stereocenters. The predicted molar refractivity (Wildman–Crippen MR) is 88.5 cm³/mol. The maximum absolute atomic E-state index is 6.24. The molecule has 0 spiro atoms. The molecule has 1 aliphatic rings. The lowest BCUT2D eigenvalue weighted by molar-refractivity contribution is 0.109. The van der Waals surface area contributed by atoms with Crippen LogP contribution in [0.5, 0.6) is 0 Å². The van der Waals surface area contributed by atoms with Gasteiger partial charge in [-0.25, -0.2) is 4.98 Å². The van der Waals surface area contributed by atoms with Gasteiger partial charge in [-0.05, 0) is 30.5 Å². The predicted octanol–water partition coefficient (Wildman–Crippen LogP) is 3.51. The average Bonchev–Trinajstić information content (AvgIpc) is 3.14. The molecule has 4 nitrogen and oxygen atoms in total. The fourth-order valence-corrected chi connectivity index (χ4v) is 3.10. The summed E-state index contributed by atoms with van der Waals surface area (Å²) in [4.78, 5) is 4.41. The minimum absolute atomic E-state index is 0.342. The van der Waals surface area contributed by atoms with E-state index >= 15 is 0 Å². The summed E-state index contributed by atoms with van der Waals surface area (Å²) >= 11 is 12.2. The molecule has 1 unspecified atom stereocenters. The molecule has 1 fully saturated rings. The molecule has 3 rings (SSSR count). The van der Waals surface area contributed by atoms with Crippen LogP contribution in [-0.2, 0) is 17.8 Å². The first kappa shape index (κ1) is 15.8. The highest BCUT2D eigenvalue weighted by atomic mass is 35.5. The van der Waals surface area contributed by atoms with Crippen molar-refractivity contribution in [2.24, 2.45) is 0 Å². The molecule has 0 aliphatic carbocycles. The SMILES string of the molecule is Clc1ccc(Cn2ccnc2CNCC2CCCO2)c(Cl)c1. The largest absolute Gasteiger partial charge is 0.377 e. The fraction of sp³-hybridized carbons (Fsp3) is 0.438. The molecular weight excluding hydrogens is 321 g/mol. The molecule has 1 N–H and O–H groups in total. The van der Waals surface area contributed by atoms with E-state index in [9.17, 15) is 0 Å². The first-order valence-electron chi connectivity index (χ1n) is 7.48. The Balaban J connectivity index is 1.59. The number of nitrogens with one attached hydrogen (secondary N) is 1. The lowest BCUT2D eigenvalue weighted by Crippen LogP contribution is -2.27. The molecule has 2 heterocycles. The third-order valence-electron chi connectivity index (χ3n) is 3.84. The first-order valence-corrected chi connectivity index (χ1v) is 8.24. The average molecular weight is 340 g/mol. The van der Waals surface area contributed by atoms with Crippen molar-refractivity contribution in [2.75, 3.05) is 13.2 Å². The van der Waals surface area contributed by atoms with Crippen LogP contribution in [0.3, 0.4) is 0 Å². The van der Waals surface area contributed by atoms with Crippen molar-refractivity contribution in [3.63, 3.8) is 0 Å². The van der Waals surface area contributed by atoms with Crippen LogP contribution >= 0.6 is 23.2 Å². The molecule has 1 saturated heterocycles. The van der Waals surface area contributed by atoms with Gasteiger partial charge in [0.25, 0.3) is 0 Å². The quantitative estimate of drug-likeness (QED) is 0.875. The summed E-state index contributed by atoms with van der Waals surface area (Å²) in [7, 11) is 0. The van der Waals surface area contributed by atoms with Gasteiger partial charge in [0.15, 0.2) is 0 Å². The van der Waals surface area contributed by atoms with E-state index < -0.39 is 0 Å². The summed E-state index contributed by atoms with van der Waals surface area (Å²) < 4.78 is 7.70. The number of rotatable bonds is 6. The van der Waals surface area contributed by atoms with Crippen LogP contribution in [0.4, 0.5) is 0 Å². The molecule has 0 bridgehead atoms. The summed E-state index contributed by atoms with van der Waals surface area (Å²) in [5.41, 5.74) is 1.03. The Morgan fingerprint density at radius 2 is 2.27 bits per heavy atom. The van der Waals surface area contributed by atoms with E-state index in [1.165, 1.54) is 0 Å². The highest BCUT2D eigenvalue weighted by molar-refractivity contribution is 6.35. The Morgan fingerprint density at radius 3 is 3.05 bits per heavy atom. The Morgan fingerprint density at radius 1 is 1.36 bits per heavy atom. The minimum Gasteiger partial charge on any atom is -0.377 e. The van der Waals surface area contributed by atoms with Crippen LogP contribution < -0.4 is 5.32 Å². The van der Waals surface area contributed by atoms with Crippen LogP contribution in [0.25, 0.3) is 0 Å². The summed E-state index contributed by atoms with van der Waals surface area (Å²) in [6, 6.07) is 5.58. The number of hydrogen-bond donors (Lipinski definition) is 1. The van der Waals surface area contributed by atoms with E-state index in [0.717, 1.165) is 43.9 Å². The molecule has 22 heavy (non-hydrogen) atoms. The standard InChI is InChI=1S/C16H19Cl2N3O/c17-13-4-3-12(15(18)8-13)11-21-6-5-20-16(21)10-19-9-14-2-1-7-22-14/h3-6,8,14,19H,1-2,7,9-11H2. The first-order chi connectivity index (χ1) is 10.7. The lowest BCUT2D eigenvalue weighted by atomic mass is 10.2. The molecule has 0 amide bonds. The van der Waals surface area contributed by atoms with Gasteiger partial charge >= 0.3 is 0 Å². The number of aromatic nitrogens is 2. The van der Waals surface area contributed by atoms with Crippen molar-refractivity contribution in [3.8, 4) is 0 Å². The molecule has 1 aliphatic heterocycles. The molecule has 1 aromatic heterocycles. The van der Waals surface area contributed by atoms with Gasteiger partial charge in [0.05, 0.1) is 19.2 Å². The monoisotopic (exact) mass is 339 g/mol. The smallest absolute Gasteiger partial charge is 0.122 e. The summed E-state index contributed by atoms with van der Waals surface area (Å²) in [6.45, 7) is 3.16. The lowest BCUT2D eigenvalue weighted by Gasteiger charge is -2.12. The Kier molecular flexibility index (Phi) is 5.37. The normalized spacial score (nSPS) is 18.0. The Bertz CT molecular complexity index is 624. The van der Waals surface area contributed by atoms with Gasteiger partial charge in [-0.15, -0.1) is 0 Å². The third kappa shape index (κ3) is 4.02. The highest BCUT2D eigenvalue weighted by Gasteiger charge is 2.15. The zero-order chi connectivity index (χ0) is 15.4. The number of imidazole rings is 1. The Hall–Kier alpha value is -1.07. The van der Waals surface area contributed by atoms with E-state index in [0.29, 0.717) is 22.7 Å². The summed E-state index contributed by atoms with van der Waals surface area (Å²) in [6.07, 6.45) is 6.42. The van der Waals surface area contributed by atoms with Gasteiger partial charge in [0, 0.05) is 35.6 Å². The topological polar surface area (TPSA) is 39.1 Å². The van der Waals surface area contributed by atoms with Crippen LogP contribution in [-0.4, -0.2) is 28.8 Å². The number of nitrogens with zero attached hydrogens (tertiary/aromatic N) is 2. The molecule has 0 radical (unpaired) electrons. The van der Waals surface area contributed by atoms with E-state index in [-0.39, 0.29) is 0 Å². The van der Waals surface area contributed by atoms with Crippen LogP contribution in [0, 0.1) is 0 Å². The van der Waals surface area contributed by atoms with E-state index in [1.807, 2.05) is 24.5 Å². The second-order valence-corrected chi connectivity index (χ2v) is 6.32. The Labute approximate surface area is 140 Å². The number of halogens is 2. The second kappa shape index (κ2) is 7.47. The minimum atomic E-state index is 0.342. The highest BCUT2D eigenvalue weighted by Crippen LogP contribution is 2.22. The maximum atomic E-state index is 6.24. The van der Waals surface area contributed by atoms with Crippen LogP contribution in [0.1, 0.15) is 24.2 Å². The van der Waals surface area contributed by atoms with Gasteiger partial charge in [-0.1, -0.05) is 29.3 Å². The van der Waals surface area contributed by atoms with Gasteiger partial charge in [0.2, 0.25) is 0 Å². The molecule has 118 valence electrons.